The van der Waals surface area contributed by atoms with E-state index in [1.54, 1.807) is 25.1 Å². The maximum atomic E-state index is 13.4. The molecule has 1 aromatic rings. The first kappa shape index (κ1) is 16.9. The van der Waals surface area contributed by atoms with E-state index in [1.807, 2.05) is 0 Å². The minimum atomic E-state index is -0.972. The molecule has 0 aliphatic rings. The molecule has 0 unspecified atom stereocenters. The van der Waals surface area contributed by atoms with Gasteiger partial charge in [0.1, 0.15) is 5.82 Å². The molecule has 1 aromatic carbocycles. The molecule has 1 rings (SSSR count). The molecule has 112 valence electrons. The van der Waals surface area contributed by atoms with E-state index in [9.17, 15) is 19.4 Å². The fraction of sp³-hybridized carbons (Fsp3) is 0.500. The second-order valence-corrected chi connectivity index (χ2v) is 5.66. The number of hydrogen-bond donors (Lipinski definition) is 3. The first-order chi connectivity index (χ1) is 9.56. The van der Waals surface area contributed by atoms with Crippen molar-refractivity contribution in [3.63, 3.8) is 0 Å². The van der Waals surface area contributed by atoms with Crippen LogP contribution >= 0.6 is 11.8 Å². The molecule has 0 atom stereocenters. The molecule has 0 spiro atoms. The summed E-state index contributed by atoms with van der Waals surface area (Å²) >= 11 is 1.26. The van der Waals surface area contributed by atoms with Gasteiger partial charge in [0.2, 0.25) is 5.91 Å². The summed E-state index contributed by atoms with van der Waals surface area (Å²) in [5, 5.41) is 21.1. The van der Waals surface area contributed by atoms with Crippen LogP contribution in [0.5, 0.6) is 0 Å². The van der Waals surface area contributed by atoms with Crippen LogP contribution in [0, 0.1) is 5.82 Å². The highest BCUT2D eigenvalue weighted by Crippen LogP contribution is 2.21. The van der Waals surface area contributed by atoms with Crippen molar-refractivity contribution in [1.82, 2.24) is 5.32 Å². The van der Waals surface area contributed by atoms with Crippen molar-refractivity contribution >= 4 is 17.7 Å². The molecular weight excluding hydrogens is 281 g/mol. The van der Waals surface area contributed by atoms with Crippen LogP contribution in [0.4, 0.5) is 4.39 Å². The zero-order valence-electron chi connectivity index (χ0n) is 11.4. The van der Waals surface area contributed by atoms with E-state index >= 15 is 0 Å². The Morgan fingerprint density at radius 2 is 2.00 bits per heavy atom. The Bertz CT molecular complexity index is 430. The number of amides is 1. The van der Waals surface area contributed by atoms with Gasteiger partial charge in [0.25, 0.3) is 0 Å². The van der Waals surface area contributed by atoms with E-state index in [1.165, 1.54) is 17.8 Å². The van der Waals surface area contributed by atoms with Gasteiger partial charge >= 0.3 is 0 Å². The molecule has 0 bridgehead atoms. The normalized spacial score (nSPS) is 11.4. The van der Waals surface area contributed by atoms with Crippen molar-refractivity contribution in [3.05, 3.63) is 30.1 Å². The standard InChI is InChI=1S/C14H20FNO3S/c1-2-14(9-17,10-18)16-13(19)7-8-20-12-6-4-3-5-11(12)15/h3-6,17-18H,2,7-10H2,1H3,(H,16,19). The fourth-order valence-electron chi connectivity index (χ4n) is 1.61. The SMILES string of the molecule is CCC(CO)(CO)NC(=O)CCSc1ccccc1F. The smallest absolute Gasteiger partial charge is 0.221 e. The highest BCUT2D eigenvalue weighted by Gasteiger charge is 2.28. The van der Waals surface area contributed by atoms with Gasteiger partial charge in [-0.15, -0.1) is 11.8 Å². The van der Waals surface area contributed by atoms with Crippen LogP contribution in [0.3, 0.4) is 0 Å². The summed E-state index contributed by atoms with van der Waals surface area (Å²) < 4.78 is 13.4. The van der Waals surface area contributed by atoms with Crippen molar-refractivity contribution < 1.29 is 19.4 Å². The van der Waals surface area contributed by atoms with Gasteiger partial charge in [0.05, 0.1) is 18.8 Å². The Hall–Kier alpha value is -1.11. The molecule has 0 radical (unpaired) electrons. The Kier molecular flexibility index (Phi) is 6.98. The van der Waals surface area contributed by atoms with Crippen molar-refractivity contribution in [2.45, 2.75) is 30.2 Å². The topological polar surface area (TPSA) is 69.6 Å². The summed E-state index contributed by atoms with van der Waals surface area (Å²) in [5.74, 6) is -0.131. The molecule has 1 amide bonds. The lowest BCUT2D eigenvalue weighted by Gasteiger charge is -2.29. The van der Waals surface area contributed by atoms with Crippen LogP contribution in [0.2, 0.25) is 0 Å². The minimum absolute atomic E-state index is 0.195. The number of aliphatic hydroxyl groups excluding tert-OH is 2. The van der Waals surface area contributed by atoms with E-state index in [0.717, 1.165) is 0 Å². The number of hydrogen-bond acceptors (Lipinski definition) is 4. The number of thioether (sulfide) groups is 1. The maximum absolute atomic E-state index is 13.4. The minimum Gasteiger partial charge on any atom is -0.394 e. The molecule has 0 fully saturated rings. The van der Waals surface area contributed by atoms with Gasteiger partial charge in [-0.25, -0.2) is 4.39 Å². The van der Waals surface area contributed by atoms with Gasteiger partial charge in [-0.2, -0.15) is 0 Å². The predicted octanol–water partition coefficient (Wildman–Crippen LogP) is 1.56. The van der Waals surface area contributed by atoms with Gasteiger partial charge < -0.3 is 15.5 Å². The van der Waals surface area contributed by atoms with Crippen LogP contribution in [0.15, 0.2) is 29.2 Å². The van der Waals surface area contributed by atoms with Gasteiger partial charge in [-0.1, -0.05) is 19.1 Å². The number of aliphatic hydroxyl groups is 2. The lowest BCUT2D eigenvalue weighted by atomic mass is 9.98. The molecule has 0 aromatic heterocycles. The fourth-order valence-corrected chi connectivity index (χ4v) is 2.50. The third-order valence-electron chi connectivity index (χ3n) is 3.11. The zero-order valence-corrected chi connectivity index (χ0v) is 12.3. The van der Waals surface area contributed by atoms with Crippen molar-refractivity contribution in [2.24, 2.45) is 0 Å². The van der Waals surface area contributed by atoms with Crippen LogP contribution in [0.1, 0.15) is 19.8 Å². The Morgan fingerprint density at radius 1 is 1.35 bits per heavy atom. The summed E-state index contributed by atoms with van der Waals surface area (Å²) in [6.45, 7) is 1.15. The van der Waals surface area contributed by atoms with Gasteiger partial charge in [-0.05, 0) is 18.6 Å². The molecule has 0 aliphatic heterocycles. The van der Waals surface area contributed by atoms with Crippen molar-refractivity contribution in [1.29, 1.82) is 0 Å². The van der Waals surface area contributed by atoms with Gasteiger partial charge in [0, 0.05) is 17.1 Å². The number of benzene rings is 1. The summed E-state index contributed by atoms with van der Waals surface area (Å²) in [6, 6.07) is 6.40. The third kappa shape index (κ3) is 4.77. The first-order valence-electron chi connectivity index (χ1n) is 6.47. The lowest BCUT2D eigenvalue weighted by Crippen LogP contribution is -2.53. The van der Waals surface area contributed by atoms with E-state index in [0.29, 0.717) is 17.1 Å². The largest absolute Gasteiger partial charge is 0.394 e. The average molecular weight is 301 g/mol. The molecule has 0 saturated heterocycles. The second kappa shape index (κ2) is 8.24. The average Bonchev–Trinajstić information content (AvgIpc) is 2.47. The Labute approximate surface area is 122 Å². The molecule has 6 heteroatoms. The summed E-state index contributed by atoms with van der Waals surface area (Å²) in [6.07, 6.45) is 0.632. The molecule has 0 heterocycles. The van der Waals surface area contributed by atoms with Crippen molar-refractivity contribution in [3.8, 4) is 0 Å². The molecule has 4 nitrogen and oxygen atoms in total. The van der Waals surface area contributed by atoms with Crippen LogP contribution in [-0.4, -0.2) is 40.6 Å². The summed E-state index contributed by atoms with van der Waals surface area (Å²) in [7, 11) is 0. The number of carbonyl (C=O) groups is 1. The zero-order chi connectivity index (χ0) is 15.0. The number of carbonyl (C=O) groups excluding carboxylic acids is 1. The molecule has 20 heavy (non-hydrogen) atoms. The quantitative estimate of drug-likeness (QED) is 0.637. The van der Waals surface area contributed by atoms with E-state index in [2.05, 4.69) is 5.32 Å². The summed E-state index contributed by atoms with van der Waals surface area (Å²) in [4.78, 5) is 12.3. The third-order valence-corrected chi connectivity index (χ3v) is 4.16. The lowest BCUT2D eigenvalue weighted by molar-refractivity contribution is -0.124. The van der Waals surface area contributed by atoms with Crippen LogP contribution in [-0.2, 0) is 4.79 Å². The van der Waals surface area contributed by atoms with Crippen molar-refractivity contribution in [2.75, 3.05) is 19.0 Å². The van der Waals surface area contributed by atoms with E-state index in [4.69, 9.17) is 0 Å². The molecule has 3 N–H and O–H groups in total. The highest BCUT2D eigenvalue weighted by atomic mass is 32.2. The molecular formula is C14H20FNO3S. The van der Waals surface area contributed by atoms with E-state index < -0.39 is 5.54 Å². The number of halogens is 1. The predicted molar refractivity (Wildman–Crippen MR) is 77.1 cm³/mol. The van der Waals surface area contributed by atoms with Gasteiger partial charge in [0.15, 0.2) is 0 Å². The van der Waals surface area contributed by atoms with Crippen LogP contribution in [0.25, 0.3) is 0 Å². The highest BCUT2D eigenvalue weighted by molar-refractivity contribution is 7.99. The Balaban J connectivity index is 2.42. The number of rotatable bonds is 8. The maximum Gasteiger partial charge on any atom is 0.221 e. The molecule has 0 saturated carbocycles. The molecule has 0 aliphatic carbocycles. The van der Waals surface area contributed by atoms with Gasteiger partial charge in [-0.3, -0.25) is 4.79 Å². The number of nitrogens with one attached hydrogen (secondary N) is 1. The Morgan fingerprint density at radius 3 is 2.55 bits per heavy atom. The monoisotopic (exact) mass is 301 g/mol. The first-order valence-corrected chi connectivity index (χ1v) is 7.45. The van der Waals surface area contributed by atoms with Crippen LogP contribution < -0.4 is 5.32 Å². The second-order valence-electron chi connectivity index (χ2n) is 4.53. The van der Waals surface area contributed by atoms with E-state index in [-0.39, 0.29) is 31.4 Å². The summed E-state index contributed by atoms with van der Waals surface area (Å²) in [5.41, 5.74) is -0.972.